The number of rotatable bonds is 11. The van der Waals surface area contributed by atoms with Crippen molar-refractivity contribution in [3.8, 4) is 11.5 Å². The Morgan fingerprint density at radius 3 is 2.65 bits per heavy atom. The van der Waals surface area contributed by atoms with E-state index in [0.29, 0.717) is 47.7 Å². The molecule has 2 aromatic carbocycles. The molecule has 0 bridgehead atoms. The highest BCUT2D eigenvalue weighted by Gasteiger charge is 2.19. The molecule has 5 nitrogen and oxygen atoms in total. The van der Waals surface area contributed by atoms with Gasteiger partial charge in [-0.1, -0.05) is 45.2 Å². The van der Waals surface area contributed by atoms with Gasteiger partial charge in [0.25, 0.3) is 0 Å². The second-order valence-electron chi connectivity index (χ2n) is 7.38. The zero-order valence-corrected chi connectivity index (χ0v) is 20.7. The van der Waals surface area contributed by atoms with Crippen molar-refractivity contribution in [3.05, 3.63) is 56.0 Å². The molecule has 1 N–H and O–H groups in total. The lowest BCUT2D eigenvalue weighted by Gasteiger charge is -2.17. The molecule has 0 saturated carbocycles. The highest BCUT2D eigenvalue weighted by atomic mass is 79.9. The first-order chi connectivity index (χ1) is 15.0. The lowest BCUT2D eigenvalue weighted by Crippen LogP contribution is -2.28. The number of carbonyl (C=O) groups is 1. The van der Waals surface area contributed by atoms with Gasteiger partial charge in [0, 0.05) is 30.5 Å². The molecule has 3 rings (SSSR count). The van der Waals surface area contributed by atoms with Gasteiger partial charge in [0.05, 0.1) is 16.7 Å². The van der Waals surface area contributed by atoms with E-state index in [-0.39, 0.29) is 5.91 Å². The lowest BCUT2D eigenvalue weighted by atomic mass is 10.2. The van der Waals surface area contributed by atoms with Crippen LogP contribution in [0.15, 0.2) is 34.8 Å². The van der Waals surface area contributed by atoms with E-state index in [9.17, 15) is 4.79 Å². The van der Waals surface area contributed by atoms with Gasteiger partial charge in [-0.2, -0.15) is 0 Å². The van der Waals surface area contributed by atoms with Crippen LogP contribution in [0, 0.1) is 0 Å². The van der Waals surface area contributed by atoms with Crippen molar-refractivity contribution in [1.82, 2.24) is 10.2 Å². The predicted octanol–water partition coefficient (Wildman–Crippen LogP) is 5.84. The van der Waals surface area contributed by atoms with Crippen molar-refractivity contribution >= 4 is 45.0 Å². The Balaban J connectivity index is 1.55. The summed E-state index contributed by atoms with van der Waals surface area (Å²) >= 11 is 15.7. The van der Waals surface area contributed by atoms with Gasteiger partial charge in [-0.15, -0.1) is 0 Å². The third-order valence-electron chi connectivity index (χ3n) is 5.06. The van der Waals surface area contributed by atoms with E-state index in [2.05, 4.69) is 21.2 Å². The van der Waals surface area contributed by atoms with Crippen LogP contribution in [0.2, 0.25) is 10.0 Å². The van der Waals surface area contributed by atoms with E-state index in [0.717, 1.165) is 48.1 Å². The Kier molecular flexibility index (Phi) is 9.32. The summed E-state index contributed by atoms with van der Waals surface area (Å²) in [4.78, 5) is 13.6. The Morgan fingerprint density at radius 2 is 1.94 bits per heavy atom. The topological polar surface area (TPSA) is 50.8 Å². The Morgan fingerprint density at radius 1 is 1.13 bits per heavy atom. The lowest BCUT2D eigenvalue weighted by molar-refractivity contribution is -0.127. The number of hydrogen-bond donors (Lipinski definition) is 1. The van der Waals surface area contributed by atoms with Gasteiger partial charge in [0.2, 0.25) is 5.91 Å². The standard InChI is InChI=1S/C23H27BrCl2N2O3/c1-2-30-21-12-17(14-27-8-4-10-28-9-3-5-23(28)29)18(24)13-22(21)31-15-16-6-7-19(25)20(26)11-16/h6-7,11-13,27H,2-5,8-10,14-15H2,1H3. The molecule has 2 aromatic rings. The number of hydrogen-bond acceptors (Lipinski definition) is 4. The van der Waals surface area contributed by atoms with E-state index in [4.69, 9.17) is 32.7 Å². The molecule has 1 aliphatic rings. The van der Waals surface area contributed by atoms with E-state index in [1.54, 1.807) is 12.1 Å². The van der Waals surface area contributed by atoms with Crippen molar-refractivity contribution in [2.45, 2.75) is 39.3 Å². The van der Waals surface area contributed by atoms with Gasteiger partial charge in [-0.3, -0.25) is 4.79 Å². The minimum absolute atomic E-state index is 0.278. The second-order valence-corrected chi connectivity index (χ2v) is 9.04. The number of ether oxygens (including phenoxy) is 2. The molecule has 8 heteroatoms. The molecule has 1 heterocycles. The fraction of sp³-hybridized carbons (Fsp3) is 0.435. The zero-order valence-electron chi connectivity index (χ0n) is 17.6. The Bertz CT molecular complexity index is 911. The average Bonchev–Trinajstić information content (AvgIpc) is 3.16. The summed E-state index contributed by atoms with van der Waals surface area (Å²) in [7, 11) is 0. The van der Waals surface area contributed by atoms with Crippen molar-refractivity contribution < 1.29 is 14.3 Å². The van der Waals surface area contributed by atoms with Gasteiger partial charge in [-0.05, 0) is 61.7 Å². The van der Waals surface area contributed by atoms with Crippen LogP contribution in [-0.2, 0) is 17.9 Å². The van der Waals surface area contributed by atoms with Gasteiger partial charge in [0.1, 0.15) is 6.61 Å². The summed E-state index contributed by atoms with van der Waals surface area (Å²) in [5.74, 6) is 1.64. The molecule has 168 valence electrons. The Hall–Kier alpha value is -1.47. The SMILES string of the molecule is CCOc1cc(CNCCCN2CCCC2=O)c(Br)cc1OCc1ccc(Cl)c(Cl)c1. The predicted molar refractivity (Wildman–Crippen MR) is 128 cm³/mol. The molecule has 0 radical (unpaired) electrons. The summed E-state index contributed by atoms with van der Waals surface area (Å²) in [6, 6.07) is 9.37. The molecule has 0 atom stereocenters. The Labute approximate surface area is 202 Å². The highest BCUT2D eigenvalue weighted by Crippen LogP contribution is 2.35. The summed E-state index contributed by atoms with van der Waals surface area (Å²) in [6.07, 6.45) is 2.62. The van der Waals surface area contributed by atoms with E-state index >= 15 is 0 Å². The molecule has 0 aliphatic carbocycles. The molecule has 1 aliphatic heterocycles. The normalized spacial score (nSPS) is 13.7. The van der Waals surface area contributed by atoms with Gasteiger partial charge >= 0.3 is 0 Å². The number of halogens is 3. The van der Waals surface area contributed by atoms with E-state index < -0.39 is 0 Å². The fourth-order valence-corrected chi connectivity index (χ4v) is 4.23. The maximum absolute atomic E-state index is 11.7. The fourth-order valence-electron chi connectivity index (χ4n) is 3.44. The summed E-state index contributed by atoms with van der Waals surface area (Å²) in [5.41, 5.74) is 2.01. The number of likely N-dealkylation sites (tertiary alicyclic amines) is 1. The number of nitrogens with one attached hydrogen (secondary N) is 1. The van der Waals surface area contributed by atoms with Crippen LogP contribution in [0.1, 0.15) is 37.3 Å². The van der Waals surface area contributed by atoms with Crippen LogP contribution >= 0.6 is 39.1 Å². The maximum atomic E-state index is 11.7. The van der Waals surface area contributed by atoms with Crippen molar-refractivity contribution in [1.29, 1.82) is 0 Å². The molecule has 0 aromatic heterocycles. The minimum atomic E-state index is 0.278. The van der Waals surface area contributed by atoms with Crippen LogP contribution in [0.25, 0.3) is 0 Å². The maximum Gasteiger partial charge on any atom is 0.222 e. The summed E-state index contributed by atoms with van der Waals surface area (Å²) < 4.78 is 12.8. The summed E-state index contributed by atoms with van der Waals surface area (Å²) in [6.45, 7) is 6.10. The van der Waals surface area contributed by atoms with Crippen molar-refractivity contribution in [3.63, 3.8) is 0 Å². The zero-order chi connectivity index (χ0) is 22.2. The smallest absolute Gasteiger partial charge is 0.222 e. The van der Waals surface area contributed by atoms with Crippen molar-refractivity contribution in [2.24, 2.45) is 0 Å². The number of benzene rings is 2. The molecule has 31 heavy (non-hydrogen) atoms. The van der Waals surface area contributed by atoms with Crippen molar-refractivity contribution in [2.75, 3.05) is 26.2 Å². The van der Waals surface area contributed by atoms with Crippen LogP contribution in [0.3, 0.4) is 0 Å². The first-order valence-corrected chi connectivity index (χ1v) is 12.0. The minimum Gasteiger partial charge on any atom is -0.490 e. The molecular weight excluding hydrogens is 503 g/mol. The third kappa shape index (κ3) is 7.01. The van der Waals surface area contributed by atoms with Crippen LogP contribution in [0.5, 0.6) is 11.5 Å². The average molecular weight is 530 g/mol. The van der Waals surface area contributed by atoms with Gasteiger partial charge < -0.3 is 19.7 Å². The third-order valence-corrected chi connectivity index (χ3v) is 6.54. The van der Waals surface area contributed by atoms with Gasteiger partial charge in [0.15, 0.2) is 11.5 Å². The molecule has 1 amide bonds. The van der Waals surface area contributed by atoms with Crippen LogP contribution < -0.4 is 14.8 Å². The number of amides is 1. The second kappa shape index (κ2) is 12.0. The quantitative estimate of drug-likeness (QED) is 0.372. The first kappa shape index (κ1) is 24.2. The monoisotopic (exact) mass is 528 g/mol. The van der Waals surface area contributed by atoms with E-state index in [1.807, 2.05) is 30.0 Å². The van der Waals surface area contributed by atoms with E-state index in [1.165, 1.54) is 0 Å². The summed E-state index contributed by atoms with van der Waals surface area (Å²) in [5, 5.41) is 4.47. The largest absolute Gasteiger partial charge is 0.490 e. The van der Waals surface area contributed by atoms with Gasteiger partial charge in [-0.25, -0.2) is 0 Å². The molecule has 1 saturated heterocycles. The molecular formula is C23H27BrCl2N2O3. The highest BCUT2D eigenvalue weighted by molar-refractivity contribution is 9.10. The number of nitrogens with zero attached hydrogens (tertiary/aromatic N) is 1. The molecule has 1 fully saturated rings. The number of carbonyl (C=O) groups excluding carboxylic acids is 1. The van der Waals surface area contributed by atoms with Crippen LogP contribution in [0.4, 0.5) is 0 Å². The first-order valence-electron chi connectivity index (χ1n) is 10.5. The van der Waals surface area contributed by atoms with Crippen LogP contribution in [-0.4, -0.2) is 37.0 Å². The molecule has 0 spiro atoms. The molecule has 0 unspecified atom stereocenters.